The lowest BCUT2D eigenvalue weighted by molar-refractivity contribution is -1.05. The first-order valence-electron chi connectivity index (χ1n) is 5.22. The van der Waals surface area contributed by atoms with Gasteiger partial charge in [0.1, 0.15) is 6.42 Å². The number of hydrogen-bond acceptors (Lipinski definition) is 3. The lowest BCUT2D eigenvalue weighted by Gasteiger charge is -2.23. The van der Waals surface area contributed by atoms with Gasteiger partial charge in [-0.25, -0.2) is 0 Å². The Labute approximate surface area is 84.1 Å². The van der Waals surface area contributed by atoms with Gasteiger partial charge in [-0.15, -0.1) is 0 Å². The highest BCUT2D eigenvalue weighted by Crippen LogP contribution is 2.26. The zero-order chi connectivity index (χ0) is 10.4. The van der Waals surface area contributed by atoms with Gasteiger partial charge in [-0.3, -0.25) is 4.58 Å². The molecule has 0 unspecified atom stereocenters. The van der Waals surface area contributed by atoms with Crippen molar-refractivity contribution in [2.45, 2.75) is 45.1 Å². The SMILES string of the molecule is CCOC(CC1CCC(O)CC1)=[O+][O-]. The number of hydrogen-bond donors (Lipinski definition) is 1. The molecule has 0 atom stereocenters. The quantitative estimate of drug-likeness (QED) is 0.310. The second-order valence-electron chi connectivity index (χ2n) is 3.77. The lowest BCUT2D eigenvalue weighted by atomic mass is 9.85. The van der Waals surface area contributed by atoms with Crippen molar-refractivity contribution >= 4 is 5.97 Å². The summed E-state index contributed by atoms with van der Waals surface area (Å²) >= 11 is 0. The van der Waals surface area contributed by atoms with Crippen LogP contribution in [-0.2, 0) is 9.31 Å². The molecular weight excluding hydrogens is 184 g/mol. The minimum atomic E-state index is -0.157. The number of aliphatic hydroxyl groups is 1. The van der Waals surface area contributed by atoms with Crippen LogP contribution < -0.4 is 5.26 Å². The van der Waals surface area contributed by atoms with Crippen LogP contribution in [0.25, 0.3) is 0 Å². The van der Waals surface area contributed by atoms with Crippen molar-refractivity contribution < 1.29 is 19.7 Å². The molecule has 14 heavy (non-hydrogen) atoms. The van der Waals surface area contributed by atoms with Gasteiger partial charge in [0.15, 0.2) is 6.61 Å². The van der Waals surface area contributed by atoms with E-state index in [9.17, 15) is 10.4 Å². The molecule has 4 nitrogen and oxygen atoms in total. The first kappa shape index (κ1) is 11.3. The Morgan fingerprint density at radius 3 is 2.57 bits per heavy atom. The second-order valence-corrected chi connectivity index (χ2v) is 3.77. The van der Waals surface area contributed by atoms with E-state index in [0.717, 1.165) is 25.7 Å². The Kier molecular flexibility index (Phi) is 4.73. The van der Waals surface area contributed by atoms with Gasteiger partial charge in [-0.1, -0.05) is 0 Å². The normalized spacial score (nSPS) is 28.9. The maximum atomic E-state index is 10.2. The molecule has 0 aliphatic heterocycles. The average molecular weight is 202 g/mol. The molecule has 1 aliphatic rings. The van der Waals surface area contributed by atoms with E-state index >= 15 is 0 Å². The van der Waals surface area contributed by atoms with Crippen LogP contribution in [0.15, 0.2) is 0 Å². The standard InChI is InChI=1S/C10H18O4/c1-2-13-10(14-12)7-8-3-5-9(11)6-4-8/h8-9,11H,2-7H2,1H3. The largest absolute Gasteiger partial charge is 0.588 e. The van der Waals surface area contributed by atoms with Crippen molar-refractivity contribution in [2.24, 2.45) is 5.92 Å². The van der Waals surface area contributed by atoms with Gasteiger partial charge in [0.2, 0.25) is 0 Å². The van der Waals surface area contributed by atoms with Crippen molar-refractivity contribution in [1.82, 2.24) is 0 Å². The molecule has 1 N–H and O–H groups in total. The predicted octanol–water partition coefficient (Wildman–Crippen LogP) is 0.302. The molecule has 0 aromatic carbocycles. The lowest BCUT2D eigenvalue weighted by Crippen LogP contribution is -2.23. The fourth-order valence-electron chi connectivity index (χ4n) is 1.86. The van der Waals surface area contributed by atoms with Crippen molar-refractivity contribution in [3.8, 4) is 0 Å². The number of carbonyl (C=O) groups excluding carboxylic acids is 1. The van der Waals surface area contributed by atoms with Gasteiger partial charge >= 0.3 is 5.97 Å². The third-order valence-electron chi connectivity index (χ3n) is 2.67. The van der Waals surface area contributed by atoms with Crippen molar-refractivity contribution in [1.29, 1.82) is 0 Å². The number of aliphatic hydroxyl groups excluding tert-OH is 1. The molecule has 0 bridgehead atoms. The van der Waals surface area contributed by atoms with E-state index in [2.05, 4.69) is 4.58 Å². The van der Waals surface area contributed by atoms with Crippen molar-refractivity contribution in [3.63, 3.8) is 0 Å². The molecule has 0 aromatic rings. The minimum Gasteiger partial charge on any atom is -0.588 e. The Morgan fingerprint density at radius 1 is 1.43 bits per heavy atom. The van der Waals surface area contributed by atoms with E-state index in [1.807, 2.05) is 6.92 Å². The van der Waals surface area contributed by atoms with E-state index < -0.39 is 0 Å². The molecule has 0 heterocycles. The summed E-state index contributed by atoms with van der Waals surface area (Å²) in [5.41, 5.74) is 0. The van der Waals surface area contributed by atoms with E-state index in [1.54, 1.807) is 0 Å². The monoisotopic (exact) mass is 202 g/mol. The zero-order valence-corrected chi connectivity index (χ0v) is 8.57. The van der Waals surface area contributed by atoms with E-state index in [-0.39, 0.29) is 12.1 Å². The fraction of sp³-hybridized carbons (Fsp3) is 0.900. The molecule has 0 aromatic heterocycles. The summed E-state index contributed by atoms with van der Waals surface area (Å²) in [7, 11) is 0. The Bertz CT molecular complexity index is 183. The third-order valence-corrected chi connectivity index (χ3v) is 2.67. The Hall–Kier alpha value is -0.770. The van der Waals surface area contributed by atoms with Gasteiger partial charge in [0.05, 0.1) is 6.10 Å². The molecule has 4 heteroatoms. The molecule has 0 spiro atoms. The van der Waals surface area contributed by atoms with E-state index in [1.165, 1.54) is 0 Å². The van der Waals surface area contributed by atoms with Crippen molar-refractivity contribution in [2.75, 3.05) is 6.61 Å². The first-order chi connectivity index (χ1) is 6.76. The van der Waals surface area contributed by atoms with Gasteiger partial charge in [0, 0.05) is 0 Å². The molecule has 0 radical (unpaired) electrons. The van der Waals surface area contributed by atoms with E-state index in [4.69, 9.17) is 4.74 Å². The maximum absolute atomic E-state index is 10.2. The Balaban J connectivity index is 2.29. The minimum absolute atomic E-state index is 0.157. The topological polar surface area (TPSA) is 63.8 Å². The maximum Gasteiger partial charge on any atom is 0.497 e. The molecule has 1 aliphatic carbocycles. The molecule has 1 saturated carbocycles. The molecule has 1 fully saturated rings. The zero-order valence-electron chi connectivity index (χ0n) is 8.57. The summed E-state index contributed by atoms with van der Waals surface area (Å²) in [6.45, 7) is 2.29. The number of ether oxygens (including phenoxy) is 1. The van der Waals surface area contributed by atoms with Crippen LogP contribution in [0.3, 0.4) is 0 Å². The summed E-state index contributed by atoms with van der Waals surface area (Å²) < 4.78 is 8.94. The molecule has 0 amide bonds. The van der Waals surface area contributed by atoms with E-state index in [0.29, 0.717) is 18.9 Å². The second kappa shape index (κ2) is 5.86. The van der Waals surface area contributed by atoms with Crippen LogP contribution >= 0.6 is 0 Å². The van der Waals surface area contributed by atoms with Gasteiger partial charge in [-0.05, 0) is 38.5 Å². The van der Waals surface area contributed by atoms with Gasteiger partial charge in [0.25, 0.3) is 0 Å². The number of rotatable bonds is 3. The summed E-state index contributed by atoms with van der Waals surface area (Å²) in [5.74, 6) is 0.614. The van der Waals surface area contributed by atoms with Crippen LogP contribution in [-0.4, -0.2) is 23.8 Å². The molecule has 1 rings (SSSR count). The summed E-state index contributed by atoms with van der Waals surface area (Å²) in [6, 6.07) is 0. The van der Waals surface area contributed by atoms with Crippen LogP contribution in [0.4, 0.5) is 0 Å². The predicted molar refractivity (Wildman–Crippen MR) is 49.2 cm³/mol. The van der Waals surface area contributed by atoms with Crippen LogP contribution in [0.2, 0.25) is 0 Å². The summed E-state index contributed by atoms with van der Waals surface area (Å²) in [5, 5.41) is 19.5. The number of esters is 1. The summed E-state index contributed by atoms with van der Waals surface area (Å²) in [4.78, 5) is 0. The van der Waals surface area contributed by atoms with Crippen LogP contribution in [0.1, 0.15) is 39.0 Å². The third kappa shape index (κ3) is 3.54. The van der Waals surface area contributed by atoms with Crippen molar-refractivity contribution in [3.05, 3.63) is 0 Å². The highest BCUT2D eigenvalue weighted by atomic mass is 17.1. The van der Waals surface area contributed by atoms with Crippen LogP contribution in [0.5, 0.6) is 0 Å². The van der Waals surface area contributed by atoms with Gasteiger partial charge < -0.3 is 15.1 Å². The molecular formula is C10H18O4. The fourth-order valence-corrected chi connectivity index (χ4v) is 1.86. The van der Waals surface area contributed by atoms with Crippen LogP contribution in [0, 0.1) is 5.92 Å². The highest BCUT2D eigenvalue weighted by molar-refractivity contribution is 5.69. The summed E-state index contributed by atoms with van der Waals surface area (Å²) in [6.07, 6.45) is 3.95. The molecule has 82 valence electrons. The first-order valence-corrected chi connectivity index (χ1v) is 5.22. The molecule has 0 saturated heterocycles. The highest BCUT2D eigenvalue weighted by Gasteiger charge is 2.25. The Morgan fingerprint density at radius 2 is 2.07 bits per heavy atom. The van der Waals surface area contributed by atoms with Gasteiger partial charge in [-0.2, -0.15) is 0 Å². The smallest absolute Gasteiger partial charge is 0.497 e. The average Bonchev–Trinajstić information content (AvgIpc) is 2.20.